The third-order valence-electron chi connectivity index (χ3n) is 3.69. The summed E-state index contributed by atoms with van der Waals surface area (Å²) in [6, 6.07) is 9.68. The van der Waals surface area contributed by atoms with Gasteiger partial charge in [0, 0.05) is 0 Å². The van der Waals surface area contributed by atoms with Crippen molar-refractivity contribution < 1.29 is 9.84 Å². The minimum atomic E-state index is -0.922. The lowest BCUT2D eigenvalue weighted by Gasteiger charge is -2.27. The normalized spacial score (nSPS) is 25.9. The van der Waals surface area contributed by atoms with Crippen LogP contribution in [-0.2, 0) is 4.74 Å². The molecule has 0 spiro atoms. The molecule has 3 rings (SSSR count). The Morgan fingerprint density at radius 1 is 1.10 bits per heavy atom. The zero-order chi connectivity index (χ0) is 14.2. The van der Waals surface area contributed by atoms with E-state index in [1.54, 1.807) is 13.8 Å². The summed E-state index contributed by atoms with van der Waals surface area (Å²) in [5.41, 5.74) is 0.123. The maximum atomic E-state index is 10.4. The largest absolute Gasteiger partial charge is 0.470 e. The minimum Gasteiger partial charge on any atom is -0.470 e. The molecule has 0 aromatic heterocycles. The predicted molar refractivity (Wildman–Crippen MR) is 79.6 cm³/mol. The maximum Gasteiger partial charge on any atom is 0.195 e. The lowest BCUT2D eigenvalue weighted by atomic mass is 9.91. The van der Waals surface area contributed by atoms with E-state index in [0.717, 1.165) is 5.56 Å². The molecule has 0 unspecified atom stereocenters. The van der Waals surface area contributed by atoms with Crippen LogP contribution in [0.4, 0.5) is 0 Å². The Morgan fingerprint density at radius 3 is 2.35 bits per heavy atom. The van der Waals surface area contributed by atoms with Crippen LogP contribution < -0.4 is 0 Å². The van der Waals surface area contributed by atoms with Crippen molar-refractivity contribution in [1.82, 2.24) is 0 Å². The topological polar surface area (TPSA) is 41.8 Å². The Kier molecular flexibility index (Phi) is 3.22. The molecule has 1 heterocycles. The van der Waals surface area contributed by atoms with Gasteiger partial charge >= 0.3 is 0 Å². The molecule has 0 radical (unpaired) electrons. The molecule has 1 aliphatic carbocycles. The number of rotatable bonds is 3. The van der Waals surface area contributed by atoms with Crippen molar-refractivity contribution in [2.45, 2.75) is 31.6 Å². The van der Waals surface area contributed by atoms with Crippen LogP contribution in [0.15, 0.2) is 59.6 Å². The van der Waals surface area contributed by atoms with Gasteiger partial charge in [0.25, 0.3) is 0 Å². The van der Waals surface area contributed by atoms with Gasteiger partial charge in [0.05, 0.1) is 11.5 Å². The molecule has 1 N–H and O–H groups in total. The molecule has 3 heteroatoms. The number of hydrogen-bond acceptors (Lipinski definition) is 3. The van der Waals surface area contributed by atoms with E-state index in [2.05, 4.69) is 4.99 Å². The van der Waals surface area contributed by atoms with Crippen LogP contribution in [0.1, 0.15) is 25.5 Å². The molecule has 0 saturated carbocycles. The van der Waals surface area contributed by atoms with Gasteiger partial charge in [-0.25, -0.2) is 4.99 Å². The Bertz CT molecular complexity index is 554. The second kappa shape index (κ2) is 4.91. The van der Waals surface area contributed by atoms with Crippen LogP contribution in [0.25, 0.3) is 0 Å². The maximum absolute atomic E-state index is 10.4. The van der Waals surface area contributed by atoms with E-state index in [1.807, 2.05) is 54.6 Å². The first-order valence-electron chi connectivity index (χ1n) is 6.92. The third-order valence-corrected chi connectivity index (χ3v) is 3.69. The van der Waals surface area contributed by atoms with Crippen LogP contribution in [0.5, 0.6) is 0 Å². The van der Waals surface area contributed by atoms with E-state index >= 15 is 0 Å². The highest BCUT2D eigenvalue weighted by molar-refractivity contribution is 5.85. The molecule has 1 aliphatic heterocycles. The summed E-state index contributed by atoms with van der Waals surface area (Å²) in [5, 5.41) is 10.4. The van der Waals surface area contributed by atoms with Gasteiger partial charge in [-0.2, -0.15) is 0 Å². The molecule has 1 aromatic rings. The zero-order valence-electron chi connectivity index (χ0n) is 11.7. The van der Waals surface area contributed by atoms with Crippen molar-refractivity contribution in [2.24, 2.45) is 10.9 Å². The van der Waals surface area contributed by atoms with Gasteiger partial charge in [-0.05, 0) is 19.4 Å². The highest BCUT2D eigenvalue weighted by Crippen LogP contribution is 2.37. The monoisotopic (exact) mass is 269 g/mol. The van der Waals surface area contributed by atoms with Crippen molar-refractivity contribution >= 4 is 5.90 Å². The van der Waals surface area contributed by atoms with E-state index in [0.29, 0.717) is 5.90 Å². The number of ether oxygens (including phenoxy) is 1. The summed E-state index contributed by atoms with van der Waals surface area (Å²) in [5.74, 6) is 0.782. The third kappa shape index (κ3) is 2.41. The molecule has 0 fully saturated rings. The van der Waals surface area contributed by atoms with E-state index in [4.69, 9.17) is 4.74 Å². The lowest BCUT2D eigenvalue weighted by Crippen LogP contribution is -2.37. The fourth-order valence-corrected chi connectivity index (χ4v) is 2.61. The van der Waals surface area contributed by atoms with Gasteiger partial charge in [0.2, 0.25) is 0 Å². The van der Waals surface area contributed by atoms with Gasteiger partial charge in [0.15, 0.2) is 12.0 Å². The average molecular weight is 269 g/mol. The molecule has 20 heavy (non-hydrogen) atoms. The van der Waals surface area contributed by atoms with Crippen molar-refractivity contribution in [3.05, 3.63) is 60.2 Å². The number of benzene rings is 1. The van der Waals surface area contributed by atoms with Crippen LogP contribution in [-0.4, -0.2) is 22.6 Å². The molecule has 104 valence electrons. The van der Waals surface area contributed by atoms with Gasteiger partial charge < -0.3 is 9.84 Å². The first-order chi connectivity index (χ1) is 9.55. The number of nitrogens with zero attached hydrogens (tertiary/aromatic N) is 1. The molecular weight excluding hydrogens is 250 g/mol. The van der Waals surface area contributed by atoms with Crippen LogP contribution in [0, 0.1) is 5.92 Å². The molecule has 3 nitrogen and oxygen atoms in total. The van der Waals surface area contributed by atoms with E-state index in [-0.39, 0.29) is 18.1 Å². The summed E-state index contributed by atoms with van der Waals surface area (Å²) >= 11 is 0. The second-order valence-electron chi connectivity index (χ2n) is 5.81. The number of aliphatic imine (C=N–C) groups is 1. The molecule has 2 aliphatic rings. The summed E-state index contributed by atoms with van der Waals surface area (Å²) < 4.78 is 6.06. The molecular formula is C17H19NO2. The van der Waals surface area contributed by atoms with Gasteiger partial charge in [-0.15, -0.1) is 0 Å². The number of hydrogen-bond donors (Lipinski definition) is 1. The second-order valence-corrected chi connectivity index (χ2v) is 5.81. The Balaban J connectivity index is 1.92. The molecule has 2 atom stereocenters. The molecule has 0 saturated heterocycles. The fourth-order valence-electron chi connectivity index (χ4n) is 2.61. The van der Waals surface area contributed by atoms with Crippen LogP contribution in [0.2, 0.25) is 0 Å². The smallest absolute Gasteiger partial charge is 0.195 e. The SMILES string of the molecule is CC(C)(O)[C@H]1N=C(C2C=CC=C2)O[C@@H]1c1ccccc1. The Morgan fingerprint density at radius 2 is 1.75 bits per heavy atom. The van der Waals surface area contributed by atoms with E-state index in [9.17, 15) is 5.11 Å². The average Bonchev–Trinajstić information content (AvgIpc) is 3.08. The summed E-state index contributed by atoms with van der Waals surface area (Å²) in [6.07, 6.45) is 7.85. The predicted octanol–water partition coefficient (Wildman–Crippen LogP) is 3.04. The Labute approximate surface area is 119 Å². The van der Waals surface area contributed by atoms with Gasteiger partial charge in [-0.3, -0.25) is 0 Å². The van der Waals surface area contributed by atoms with Crippen LogP contribution in [0.3, 0.4) is 0 Å². The minimum absolute atomic E-state index is 0.0913. The number of allylic oxidation sites excluding steroid dienone is 2. The first-order valence-corrected chi connectivity index (χ1v) is 6.92. The summed E-state index contributed by atoms with van der Waals surface area (Å²) in [4.78, 5) is 4.64. The van der Waals surface area contributed by atoms with Crippen molar-refractivity contribution in [3.8, 4) is 0 Å². The first kappa shape index (κ1) is 13.1. The highest BCUT2D eigenvalue weighted by atomic mass is 16.5. The highest BCUT2D eigenvalue weighted by Gasteiger charge is 2.42. The molecule has 0 bridgehead atoms. The Hall–Kier alpha value is -1.87. The summed E-state index contributed by atoms with van der Waals surface area (Å²) in [6.45, 7) is 3.56. The zero-order valence-corrected chi connectivity index (χ0v) is 11.7. The number of aliphatic hydroxyl groups is 1. The van der Waals surface area contributed by atoms with Gasteiger partial charge in [-0.1, -0.05) is 54.6 Å². The standard InChI is InChI=1S/C17H19NO2/c1-17(2,19)15-14(12-8-4-3-5-9-12)20-16(18-15)13-10-6-7-11-13/h3-11,13-15,19H,1-2H3/t14-,15+/m1/s1. The van der Waals surface area contributed by atoms with Crippen molar-refractivity contribution in [3.63, 3.8) is 0 Å². The van der Waals surface area contributed by atoms with Crippen molar-refractivity contribution in [2.75, 3.05) is 0 Å². The van der Waals surface area contributed by atoms with E-state index in [1.165, 1.54) is 0 Å². The fraction of sp³-hybridized carbons (Fsp3) is 0.353. The van der Waals surface area contributed by atoms with Crippen molar-refractivity contribution in [1.29, 1.82) is 0 Å². The molecule has 0 amide bonds. The lowest BCUT2D eigenvalue weighted by molar-refractivity contribution is 0.0151. The van der Waals surface area contributed by atoms with E-state index < -0.39 is 5.60 Å². The van der Waals surface area contributed by atoms with Gasteiger partial charge in [0.1, 0.15) is 6.04 Å². The summed E-state index contributed by atoms with van der Waals surface area (Å²) in [7, 11) is 0. The quantitative estimate of drug-likeness (QED) is 0.916. The molecule has 1 aromatic carbocycles. The van der Waals surface area contributed by atoms with Crippen LogP contribution >= 0.6 is 0 Å².